The van der Waals surface area contributed by atoms with Crippen LogP contribution in [0.25, 0.3) is 16.9 Å². The van der Waals surface area contributed by atoms with Gasteiger partial charge in [0.25, 0.3) is 0 Å². The zero-order chi connectivity index (χ0) is 14.8. The first-order valence-corrected chi connectivity index (χ1v) is 6.61. The van der Waals surface area contributed by atoms with E-state index in [1.165, 1.54) is 6.07 Å². The normalized spacial score (nSPS) is 10.8. The molecule has 0 aliphatic rings. The van der Waals surface area contributed by atoms with Crippen molar-refractivity contribution in [2.45, 2.75) is 6.92 Å². The number of ether oxygens (including phenoxy) is 1. The molecular formula is C16H13FN2O2. The maximum absolute atomic E-state index is 14.0. The predicted molar refractivity (Wildman–Crippen MR) is 76.5 cm³/mol. The van der Waals surface area contributed by atoms with E-state index in [1.807, 2.05) is 6.07 Å². The highest BCUT2D eigenvalue weighted by molar-refractivity contribution is 5.96. The van der Waals surface area contributed by atoms with Crippen LogP contribution in [0, 0.1) is 5.82 Å². The standard InChI is InChI=1S/C16H13FN2O2/c1-2-21-16(20)15-14(11-7-3-4-8-12(11)17)18-13-9-5-6-10-19(13)15/h3-10H,2H2,1H3. The van der Waals surface area contributed by atoms with Gasteiger partial charge in [-0.3, -0.25) is 4.40 Å². The number of hydrogen-bond donors (Lipinski definition) is 0. The van der Waals surface area contributed by atoms with Crippen LogP contribution in [0.3, 0.4) is 0 Å². The van der Waals surface area contributed by atoms with Crippen LogP contribution >= 0.6 is 0 Å². The summed E-state index contributed by atoms with van der Waals surface area (Å²) in [6, 6.07) is 11.6. The Hall–Kier alpha value is -2.69. The van der Waals surface area contributed by atoms with Crippen LogP contribution in [-0.2, 0) is 4.74 Å². The minimum atomic E-state index is -0.519. The van der Waals surface area contributed by atoms with Gasteiger partial charge >= 0.3 is 5.97 Å². The molecular weight excluding hydrogens is 271 g/mol. The molecule has 2 aromatic heterocycles. The van der Waals surface area contributed by atoms with E-state index in [9.17, 15) is 9.18 Å². The quantitative estimate of drug-likeness (QED) is 0.693. The molecule has 21 heavy (non-hydrogen) atoms. The number of esters is 1. The number of benzene rings is 1. The average Bonchev–Trinajstić information content (AvgIpc) is 2.87. The third-order valence-corrected chi connectivity index (χ3v) is 3.13. The largest absolute Gasteiger partial charge is 0.461 e. The first kappa shape index (κ1) is 13.3. The van der Waals surface area contributed by atoms with E-state index < -0.39 is 11.8 Å². The maximum Gasteiger partial charge on any atom is 0.357 e. The van der Waals surface area contributed by atoms with Crippen molar-refractivity contribution < 1.29 is 13.9 Å². The highest BCUT2D eigenvalue weighted by Crippen LogP contribution is 2.27. The lowest BCUT2D eigenvalue weighted by atomic mass is 10.1. The summed E-state index contributed by atoms with van der Waals surface area (Å²) >= 11 is 0. The molecule has 0 bridgehead atoms. The smallest absolute Gasteiger partial charge is 0.357 e. The molecule has 0 aliphatic carbocycles. The molecule has 0 N–H and O–H groups in total. The van der Waals surface area contributed by atoms with Crippen molar-refractivity contribution in [1.82, 2.24) is 9.38 Å². The van der Waals surface area contributed by atoms with Gasteiger partial charge in [0.05, 0.1) is 6.61 Å². The summed E-state index contributed by atoms with van der Waals surface area (Å²) in [7, 11) is 0. The van der Waals surface area contributed by atoms with Crippen LogP contribution in [0.4, 0.5) is 4.39 Å². The van der Waals surface area contributed by atoms with Gasteiger partial charge in [-0.1, -0.05) is 18.2 Å². The number of rotatable bonds is 3. The molecule has 0 radical (unpaired) electrons. The highest BCUT2D eigenvalue weighted by atomic mass is 19.1. The molecule has 3 rings (SSSR count). The Labute approximate surface area is 120 Å². The molecule has 2 heterocycles. The summed E-state index contributed by atoms with van der Waals surface area (Å²) in [5.41, 5.74) is 1.37. The number of fused-ring (bicyclic) bond motifs is 1. The molecule has 3 aromatic rings. The number of carbonyl (C=O) groups excluding carboxylic acids is 1. The van der Waals surface area contributed by atoms with Crippen molar-refractivity contribution in [1.29, 1.82) is 0 Å². The third kappa shape index (κ3) is 2.27. The second-order valence-corrected chi connectivity index (χ2v) is 4.44. The van der Waals surface area contributed by atoms with Crippen LogP contribution in [0.1, 0.15) is 17.4 Å². The third-order valence-electron chi connectivity index (χ3n) is 3.13. The van der Waals surface area contributed by atoms with E-state index in [0.717, 1.165) is 0 Å². The number of hydrogen-bond acceptors (Lipinski definition) is 3. The fraction of sp³-hybridized carbons (Fsp3) is 0.125. The van der Waals surface area contributed by atoms with Crippen molar-refractivity contribution in [2.24, 2.45) is 0 Å². The van der Waals surface area contributed by atoms with Crippen LogP contribution in [0.5, 0.6) is 0 Å². The van der Waals surface area contributed by atoms with E-state index in [2.05, 4.69) is 4.98 Å². The van der Waals surface area contributed by atoms with Gasteiger partial charge in [-0.05, 0) is 31.2 Å². The van der Waals surface area contributed by atoms with Gasteiger partial charge in [-0.15, -0.1) is 0 Å². The molecule has 0 saturated heterocycles. The van der Waals surface area contributed by atoms with Gasteiger partial charge in [0.15, 0.2) is 5.69 Å². The molecule has 5 heteroatoms. The highest BCUT2D eigenvalue weighted by Gasteiger charge is 2.23. The fourth-order valence-corrected chi connectivity index (χ4v) is 2.23. The van der Waals surface area contributed by atoms with Gasteiger partial charge in [0, 0.05) is 11.8 Å². The molecule has 0 fully saturated rings. The number of pyridine rings is 1. The van der Waals surface area contributed by atoms with Gasteiger partial charge in [0.1, 0.15) is 17.2 Å². The van der Waals surface area contributed by atoms with Crippen LogP contribution in [0.15, 0.2) is 48.7 Å². The van der Waals surface area contributed by atoms with Crippen molar-refractivity contribution in [3.63, 3.8) is 0 Å². The lowest BCUT2D eigenvalue weighted by Crippen LogP contribution is -2.09. The summed E-state index contributed by atoms with van der Waals surface area (Å²) < 4.78 is 20.7. The monoisotopic (exact) mass is 284 g/mol. The summed E-state index contributed by atoms with van der Waals surface area (Å²) in [6.07, 6.45) is 1.71. The van der Waals surface area contributed by atoms with Crippen molar-refractivity contribution in [3.8, 4) is 11.3 Å². The molecule has 4 nitrogen and oxygen atoms in total. The first-order chi connectivity index (χ1) is 10.2. The molecule has 0 spiro atoms. The molecule has 0 amide bonds. The average molecular weight is 284 g/mol. The van der Waals surface area contributed by atoms with Crippen LogP contribution < -0.4 is 0 Å². The molecule has 0 saturated carbocycles. The number of carbonyl (C=O) groups is 1. The Morgan fingerprint density at radius 1 is 1.24 bits per heavy atom. The van der Waals surface area contributed by atoms with Gasteiger partial charge < -0.3 is 4.74 Å². The lowest BCUT2D eigenvalue weighted by Gasteiger charge is -2.05. The van der Waals surface area contributed by atoms with Crippen LogP contribution in [0.2, 0.25) is 0 Å². The number of imidazole rings is 1. The minimum absolute atomic E-state index is 0.234. The number of halogens is 1. The van der Waals surface area contributed by atoms with Gasteiger partial charge in [-0.2, -0.15) is 0 Å². The summed E-state index contributed by atoms with van der Waals surface area (Å²) in [6.45, 7) is 1.97. The molecule has 1 aromatic carbocycles. The first-order valence-electron chi connectivity index (χ1n) is 6.61. The molecule has 106 valence electrons. The zero-order valence-electron chi connectivity index (χ0n) is 11.4. The second-order valence-electron chi connectivity index (χ2n) is 4.44. The Kier molecular flexibility index (Phi) is 3.39. The topological polar surface area (TPSA) is 43.6 Å². The number of nitrogens with zero attached hydrogens (tertiary/aromatic N) is 2. The molecule has 0 aliphatic heterocycles. The van der Waals surface area contributed by atoms with E-state index >= 15 is 0 Å². The van der Waals surface area contributed by atoms with Gasteiger partial charge in [-0.25, -0.2) is 14.2 Å². The summed E-state index contributed by atoms with van der Waals surface area (Å²) in [5.74, 6) is -0.944. The van der Waals surface area contributed by atoms with Crippen molar-refractivity contribution in [3.05, 3.63) is 60.2 Å². The Bertz CT molecular complexity index is 811. The Morgan fingerprint density at radius 3 is 2.76 bits per heavy atom. The zero-order valence-corrected chi connectivity index (χ0v) is 11.4. The summed E-state index contributed by atoms with van der Waals surface area (Å²) in [4.78, 5) is 16.6. The minimum Gasteiger partial charge on any atom is -0.461 e. The SMILES string of the molecule is CCOC(=O)c1c(-c2ccccc2F)nc2ccccn12. The lowest BCUT2D eigenvalue weighted by molar-refractivity contribution is 0.0519. The predicted octanol–water partition coefficient (Wildman–Crippen LogP) is 3.32. The number of aromatic nitrogens is 2. The van der Waals surface area contributed by atoms with E-state index in [0.29, 0.717) is 5.65 Å². The van der Waals surface area contributed by atoms with Crippen molar-refractivity contribution in [2.75, 3.05) is 6.61 Å². The Morgan fingerprint density at radius 2 is 2.00 bits per heavy atom. The second kappa shape index (κ2) is 5.36. The van der Waals surface area contributed by atoms with Gasteiger partial charge in [0.2, 0.25) is 0 Å². The molecule has 0 atom stereocenters. The van der Waals surface area contributed by atoms with Crippen molar-refractivity contribution >= 4 is 11.6 Å². The molecule has 0 unspecified atom stereocenters. The van der Waals surface area contributed by atoms with E-state index in [1.54, 1.807) is 47.9 Å². The maximum atomic E-state index is 14.0. The summed E-state index contributed by atoms with van der Waals surface area (Å²) in [5, 5.41) is 0. The Balaban J connectivity index is 2.29. The van der Waals surface area contributed by atoms with E-state index in [-0.39, 0.29) is 23.6 Å². The van der Waals surface area contributed by atoms with E-state index in [4.69, 9.17) is 4.74 Å². The fourth-order valence-electron chi connectivity index (χ4n) is 2.23. The van der Waals surface area contributed by atoms with Crippen LogP contribution in [-0.4, -0.2) is 22.0 Å².